The molecule has 0 amide bonds. The van der Waals surface area contributed by atoms with E-state index < -0.39 is 88.0 Å². The number of aliphatic hydroxyl groups excluding tert-OH is 1. The Morgan fingerprint density at radius 2 is 1.13 bits per heavy atom. The molecule has 0 saturated carbocycles. The van der Waals surface area contributed by atoms with Crippen LogP contribution in [0.3, 0.4) is 0 Å². The average molecular weight is 845 g/mol. The van der Waals surface area contributed by atoms with Gasteiger partial charge in [-0.3, -0.25) is 14.8 Å². The van der Waals surface area contributed by atoms with Gasteiger partial charge in [0, 0.05) is 35.7 Å². The van der Waals surface area contributed by atoms with Gasteiger partial charge in [0.25, 0.3) is 0 Å². The number of rotatable bonds is 14. The van der Waals surface area contributed by atoms with Crippen LogP contribution in [0.25, 0.3) is 12.2 Å². The average Bonchev–Trinajstić information content (AvgIpc) is 3.91. The van der Waals surface area contributed by atoms with Crippen molar-refractivity contribution in [3.8, 4) is 0 Å². The third-order valence-electron chi connectivity index (χ3n) is 8.65. The van der Waals surface area contributed by atoms with Crippen LogP contribution < -0.4 is 0 Å². The number of alkyl halides is 4. The number of carbonyl (C=O) groups excluding carboxylic acids is 1. The lowest BCUT2D eigenvalue weighted by Gasteiger charge is -2.35. The molecule has 14 nitrogen and oxygen atoms in total. The second-order valence-electron chi connectivity index (χ2n) is 13.1. The monoisotopic (exact) mass is 844 g/mol. The molecule has 0 aliphatic carbocycles. The second kappa shape index (κ2) is 18.1. The number of hydrogen-bond acceptors (Lipinski definition) is 12. The zero-order chi connectivity index (χ0) is 43.9. The number of halogens is 8. The van der Waals surface area contributed by atoms with Gasteiger partial charge in [-0.15, -0.1) is 10.2 Å². The minimum absolute atomic E-state index is 0.244. The summed E-state index contributed by atoms with van der Waals surface area (Å²) in [5.74, 6) is -13.2. The van der Waals surface area contributed by atoms with Crippen LogP contribution in [0.5, 0.6) is 0 Å². The van der Waals surface area contributed by atoms with E-state index in [9.17, 15) is 37.7 Å². The molecule has 3 unspecified atom stereocenters. The van der Waals surface area contributed by atoms with Gasteiger partial charge in [-0.1, -0.05) is 24.3 Å². The van der Waals surface area contributed by atoms with E-state index in [2.05, 4.69) is 41.0 Å². The van der Waals surface area contributed by atoms with E-state index in [0.717, 1.165) is 70.8 Å². The number of tetrazole rings is 2. The number of hydrogen-bond donors (Lipinski definition) is 3. The van der Waals surface area contributed by atoms with Gasteiger partial charge in [-0.2, -0.15) is 17.6 Å². The molecule has 0 fully saturated rings. The van der Waals surface area contributed by atoms with Crippen molar-refractivity contribution in [3.05, 3.63) is 155 Å². The molecule has 0 bridgehead atoms. The van der Waals surface area contributed by atoms with Gasteiger partial charge in [-0.25, -0.2) is 26.9 Å². The largest absolute Gasteiger partial charge is 0.389 e. The fraction of sp³-hybridized carbons (Fsp3) is 0.237. The van der Waals surface area contributed by atoms with E-state index in [4.69, 9.17) is 0 Å². The smallest absolute Gasteiger partial charge is 0.323 e. The van der Waals surface area contributed by atoms with Gasteiger partial charge in [0.05, 0.1) is 19.2 Å². The Morgan fingerprint density at radius 1 is 0.700 bits per heavy atom. The first kappa shape index (κ1) is 44.5. The highest BCUT2D eigenvalue weighted by Gasteiger charge is 2.59. The van der Waals surface area contributed by atoms with E-state index in [0.29, 0.717) is 23.3 Å². The Kier molecular flexibility index (Phi) is 13.4. The summed E-state index contributed by atoms with van der Waals surface area (Å²) in [6.07, 6.45) is 8.89. The molecular weight excluding hydrogens is 812 g/mol. The minimum Gasteiger partial charge on any atom is -0.389 e. The number of aliphatic hydroxyl groups is 3. The number of carbonyl (C=O) groups is 1. The van der Waals surface area contributed by atoms with Crippen LogP contribution in [0, 0.1) is 23.3 Å². The summed E-state index contributed by atoms with van der Waals surface area (Å²) in [5.41, 5.74) is -9.03. The molecular formula is C38H32F8N10O4. The Bertz CT molecular complexity index is 2440. The number of ketones is 1. The van der Waals surface area contributed by atoms with Crippen LogP contribution in [-0.4, -0.2) is 77.6 Å². The van der Waals surface area contributed by atoms with Crippen LogP contribution in [0.15, 0.2) is 97.9 Å². The predicted octanol–water partition coefficient (Wildman–Crippen LogP) is 5.05. The van der Waals surface area contributed by atoms with Crippen LogP contribution >= 0.6 is 0 Å². The standard InChI is InChI=1S/C19H17F4N5O2.C19H15F4N5O2/c2*1-12(29)2-3-13-4-7-17(24-9-13)19(22,23)18(30,10-28-11-25-26-27-28)15-6-5-14(20)8-16(15)21/h2-9,11-12,29-30H,10H2,1H3;2-9,11,30H,10H2,1H3/b2*3-2+. The second-order valence-corrected chi connectivity index (χ2v) is 13.1. The lowest BCUT2D eigenvalue weighted by molar-refractivity contribution is -0.207. The molecule has 4 aromatic heterocycles. The van der Waals surface area contributed by atoms with Gasteiger partial charge in [0.2, 0.25) is 0 Å². The number of pyridine rings is 2. The van der Waals surface area contributed by atoms with Crippen LogP contribution in [0.2, 0.25) is 0 Å². The number of nitrogens with zero attached hydrogens (tertiary/aromatic N) is 10. The SMILES string of the molecule is CC(=O)/C=C/c1ccc(C(F)(F)C(O)(Cn2cnnn2)c2ccc(F)cc2F)nc1.CC(O)/C=C/c1ccc(C(F)(F)C(O)(Cn2cnnn2)c2ccc(F)cc2F)nc1. The van der Waals surface area contributed by atoms with Crippen LogP contribution in [0.1, 0.15) is 47.5 Å². The van der Waals surface area contributed by atoms with Gasteiger partial charge in [0.1, 0.15) is 47.3 Å². The van der Waals surface area contributed by atoms with E-state index >= 15 is 17.6 Å². The highest BCUT2D eigenvalue weighted by Crippen LogP contribution is 2.48. The van der Waals surface area contributed by atoms with Crippen molar-refractivity contribution in [2.75, 3.05) is 0 Å². The predicted molar refractivity (Wildman–Crippen MR) is 193 cm³/mol. The van der Waals surface area contributed by atoms with Crippen molar-refractivity contribution in [1.29, 1.82) is 0 Å². The Balaban J connectivity index is 0.000000228. The maximum atomic E-state index is 15.5. The van der Waals surface area contributed by atoms with E-state index in [1.165, 1.54) is 50.3 Å². The molecule has 6 rings (SSSR count). The van der Waals surface area contributed by atoms with E-state index in [-0.39, 0.29) is 5.78 Å². The number of allylic oxidation sites excluding steroid dienone is 1. The fourth-order valence-corrected chi connectivity index (χ4v) is 5.60. The van der Waals surface area contributed by atoms with E-state index in [1.807, 2.05) is 0 Å². The van der Waals surface area contributed by atoms with E-state index in [1.54, 1.807) is 0 Å². The number of aromatic nitrogens is 10. The molecule has 60 heavy (non-hydrogen) atoms. The molecule has 2 aromatic carbocycles. The van der Waals surface area contributed by atoms with Crippen molar-refractivity contribution in [2.24, 2.45) is 0 Å². The van der Waals surface area contributed by atoms with Gasteiger partial charge in [-0.05, 0) is 94.4 Å². The summed E-state index contributed by atoms with van der Waals surface area (Å²) in [4.78, 5) is 18.4. The molecule has 4 heterocycles. The molecule has 314 valence electrons. The van der Waals surface area contributed by atoms with Crippen LogP contribution in [0.4, 0.5) is 35.1 Å². The van der Waals surface area contributed by atoms with Crippen molar-refractivity contribution >= 4 is 17.9 Å². The molecule has 0 radical (unpaired) electrons. The zero-order valence-electron chi connectivity index (χ0n) is 31.1. The topological polar surface area (TPSA) is 191 Å². The van der Waals surface area contributed by atoms with Gasteiger partial charge < -0.3 is 15.3 Å². The molecule has 3 N–H and O–H groups in total. The summed E-state index contributed by atoms with van der Waals surface area (Å²) < 4.78 is 119. The summed E-state index contributed by atoms with van der Waals surface area (Å²) in [6.45, 7) is 0.968. The van der Waals surface area contributed by atoms with Crippen molar-refractivity contribution in [2.45, 2.75) is 56.1 Å². The Hall–Kier alpha value is -6.65. The van der Waals surface area contributed by atoms with Gasteiger partial charge in [0.15, 0.2) is 17.0 Å². The Morgan fingerprint density at radius 3 is 1.47 bits per heavy atom. The summed E-state index contributed by atoms with van der Waals surface area (Å²) in [7, 11) is 0. The maximum absolute atomic E-state index is 15.5. The van der Waals surface area contributed by atoms with Crippen molar-refractivity contribution in [1.82, 2.24) is 50.4 Å². The first-order chi connectivity index (χ1) is 28.3. The number of benzene rings is 2. The normalized spacial score (nSPS) is 14.7. The zero-order valence-corrected chi connectivity index (χ0v) is 31.1. The van der Waals surface area contributed by atoms with Crippen LogP contribution in [-0.2, 0) is 40.9 Å². The summed E-state index contributed by atoms with van der Waals surface area (Å²) in [5, 5.41) is 51.5. The molecule has 0 saturated heterocycles. The summed E-state index contributed by atoms with van der Waals surface area (Å²) in [6, 6.07) is 8.22. The lowest BCUT2D eigenvalue weighted by atomic mass is 9.84. The maximum Gasteiger partial charge on any atom is 0.323 e. The van der Waals surface area contributed by atoms with Crippen molar-refractivity contribution < 1.29 is 55.2 Å². The molecule has 3 atom stereocenters. The lowest BCUT2D eigenvalue weighted by Crippen LogP contribution is -2.48. The molecule has 0 aliphatic heterocycles. The highest BCUT2D eigenvalue weighted by atomic mass is 19.3. The molecule has 0 aliphatic rings. The highest BCUT2D eigenvalue weighted by molar-refractivity contribution is 5.91. The first-order valence-corrected chi connectivity index (χ1v) is 17.3. The first-order valence-electron chi connectivity index (χ1n) is 17.3. The molecule has 0 spiro atoms. The van der Waals surface area contributed by atoms with Crippen molar-refractivity contribution in [3.63, 3.8) is 0 Å². The third kappa shape index (κ3) is 9.78. The molecule has 22 heteroatoms. The fourth-order valence-electron chi connectivity index (χ4n) is 5.60. The third-order valence-corrected chi connectivity index (χ3v) is 8.65. The molecule has 6 aromatic rings. The minimum atomic E-state index is -4.14. The Labute approximate surface area is 334 Å². The quantitative estimate of drug-likeness (QED) is 0.0979. The summed E-state index contributed by atoms with van der Waals surface area (Å²) >= 11 is 0. The van der Waals surface area contributed by atoms with Gasteiger partial charge >= 0.3 is 11.8 Å².